The van der Waals surface area contributed by atoms with Gasteiger partial charge in [-0.3, -0.25) is 19.2 Å². The van der Waals surface area contributed by atoms with E-state index in [1.807, 2.05) is 218 Å². The Kier molecular flexibility index (Phi) is 25.4. The summed E-state index contributed by atoms with van der Waals surface area (Å²) in [6.07, 6.45) is 13.0. The Morgan fingerprint density at radius 3 is 1.15 bits per heavy atom. The van der Waals surface area contributed by atoms with Gasteiger partial charge in [0.25, 0.3) is 0 Å². The highest BCUT2D eigenvalue weighted by molar-refractivity contribution is 6.32. The minimum Gasteiger partial charge on any atom is -0.426 e. The Morgan fingerprint density at radius 1 is 0.452 bits per heavy atom. The lowest BCUT2D eigenvalue weighted by Crippen LogP contribution is -2.07. The second-order valence-electron chi connectivity index (χ2n) is 18.9. The molecule has 8 nitrogen and oxygen atoms in total. The van der Waals surface area contributed by atoms with Crippen LogP contribution in [0.1, 0.15) is 63.8 Å². The first-order valence-electron chi connectivity index (χ1n) is 26.9. The molecule has 1 N–H and O–H groups in total. The molecule has 10 rings (SSSR count). The number of benzene rings is 8. The molecule has 2 atom stereocenters. The number of esters is 1. The quantitative estimate of drug-likeness (QED) is 0.0200. The monoisotopic (exact) mass is 1190 g/mol. The van der Waals surface area contributed by atoms with Crippen LogP contribution >= 0.6 is 46.4 Å². The third-order valence-corrected chi connectivity index (χ3v) is 13.4. The zero-order valence-electron chi connectivity index (χ0n) is 45.7. The van der Waals surface area contributed by atoms with Crippen LogP contribution in [0, 0.1) is 0 Å². The third-order valence-electron chi connectivity index (χ3n) is 12.4. The zero-order valence-corrected chi connectivity index (χ0v) is 48.8. The molecule has 424 valence electrons. The lowest BCUT2D eigenvalue weighted by molar-refractivity contribution is -0.137. The summed E-state index contributed by atoms with van der Waals surface area (Å²) >= 11 is 23.5. The first-order valence-corrected chi connectivity index (χ1v) is 28.4. The molecule has 8 aromatic carbocycles. The van der Waals surface area contributed by atoms with E-state index in [1.165, 1.54) is 12.2 Å². The van der Waals surface area contributed by atoms with Crippen LogP contribution < -0.4 is 0 Å². The summed E-state index contributed by atoms with van der Waals surface area (Å²) in [6.45, 7) is 4.80. The van der Waals surface area contributed by atoms with Gasteiger partial charge in [-0.1, -0.05) is 228 Å². The summed E-state index contributed by atoms with van der Waals surface area (Å²) in [5, 5.41) is 11.5. The second kappa shape index (κ2) is 33.7. The topological polar surface area (TPSA) is 123 Å². The van der Waals surface area contributed by atoms with E-state index in [-0.39, 0.29) is 48.6 Å². The van der Waals surface area contributed by atoms with Crippen LogP contribution in [0.5, 0.6) is 0 Å². The van der Waals surface area contributed by atoms with Crippen LogP contribution in [0.4, 0.5) is 0 Å². The molecule has 12 heteroatoms. The number of hydrogen-bond donors (Lipinski definition) is 1. The van der Waals surface area contributed by atoms with Crippen LogP contribution in [0.25, 0.3) is 46.8 Å². The van der Waals surface area contributed by atoms with E-state index in [9.17, 15) is 19.2 Å². The van der Waals surface area contributed by atoms with Crippen molar-refractivity contribution in [3.8, 4) is 0 Å². The molecule has 2 saturated heterocycles. The summed E-state index contributed by atoms with van der Waals surface area (Å²) < 4.78 is 15.8. The van der Waals surface area contributed by atoms with Gasteiger partial charge >= 0.3 is 5.97 Å². The SMILES string of the molecule is C=CCC(=O)/C(=C/c1ccc(Cl)cc1)c1ccccc1.O=C(/C=C/CO)/C(=C/c1ccc(Cl)cc1)c1ccccc1.O=C(CC1CO1)/C(=C/c1ccc(Cl)cc1)c1ccccc1.O=C(CC1CO1)O/C(=C/c1ccc(Cl)cc1)c1ccccc1. The Labute approximate surface area is 510 Å². The van der Waals surface area contributed by atoms with Gasteiger partial charge in [-0.25, -0.2) is 0 Å². The molecule has 0 bridgehead atoms. The minimum absolute atomic E-state index is 0.0139. The molecule has 2 fully saturated rings. The van der Waals surface area contributed by atoms with Crippen molar-refractivity contribution >= 4 is 117 Å². The molecule has 84 heavy (non-hydrogen) atoms. The molecule has 0 amide bonds. The van der Waals surface area contributed by atoms with E-state index in [4.69, 9.17) is 65.7 Å². The Morgan fingerprint density at radius 2 is 0.786 bits per heavy atom. The van der Waals surface area contributed by atoms with Crippen molar-refractivity contribution in [3.05, 3.63) is 308 Å². The summed E-state index contributed by atoms with van der Waals surface area (Å²) in [5.74, 6) is 0.255. The Bertz CT molecular complexity index is 3570. The normalized spacial score (nSPS) is 14.5. The van der Waals surface area contributed by atoms with E-state index in [0.717, 1.165) is 44.5 Å². The van der Waals surface area contributed by atoms with Crippen molar-refractivity contribution in [1.29, 1.82) is 0 Å². The second-order valence-corrected chi connectivity index (χ2v) is 20.7. The fourth-order valence-corrected chi connectivity index (χ4v) is 8.49. The van der Waals surface area contributed by atoms with Crippen LogP contribution in [0.2, 0.25) is 20.1 Å². The molecule has 2 aliphatic rings. The molecule has 0 saturated carbocycles. The molecule has 0 aromatic heterocycles. The van der Waals surface area contributed by atoms with Crippen LogP contribution in [-0.2, 0) is 33.4 Å². The highest BCUT2D eigenvalue weighted by atomic mass is 35.5. The number of Topliss-reactive ketones (excluding diaryl/α,β-unsaturated/α-hetero) is 2. The van der Waals surface area contributed by atoms with Gasteiger partial charge in [0.15, 0.2) is 17.3 Å². The fraction of sp³-hybridized carbons (Fsp3) is 0.111. The van der Waals surface area contributed by atoms with Gasteiger partial charge in [0.1, 0.15) is 5.76 Å². The maximum Gasteiger partial charge on any atom is 0.313 e. The number of epoxide rings is 2. The van der Waals surface area contributed by atoms with Gasteiger partial charge in [-0.15, -0.1) is 6.58 Å². The first-order chi connectivity index (χ1) is 40.8. The summed E-state index contributed by atoms with van der Waals surface area (Å²) in [7, 11) is 0. The van der Waals surface area contributed by atoms with Gasteiger partial charge in [-0.2, -0.15) is 0 Å². The number of aliphatic hydroxyl groups is 1. The maximum absolute atomic E-state index is 12.5. The number of ketones is 3. The number of allylic oxidation sites excluding steroid dienone is 5. The van der Waals surface area contributed by atoms with Crippen LogP contribution in [0.3, 0.4) is 0 Å². The van der Waals surface area contributed by atoms with Crippen LogP contribution in [-0.4, -0.2) is 60.5 Å². The summed E-state index contributed by atoms with van der Waals surface area (Å²) in [5.41, 5.74) is 9.22. The molecule has 8 aromatic rings. The molecule has 2 aliphatic heterocycles. The molecular formula is C72H60Cl4O8. The average molecular weight is 1200 g/mol. The highest BCUT2D eigenvalue weighted by Crippen LogP contribution is 2.28. The lowest BCUT2D eigenvalue weighted by Gasteiger charge is -2.09. The highest BCUT2D eigenvalue weighted by Gasteiger charge is 2.28. The fourth-order valence-electron chi connectivity index (χ4n) is 7.99. The van der Waals surface area contributed by atoms with E-state index in [1.54, 1.807) is 30.3 Å². The van der Waals surface area contributed by atoms with Crippen molar-refractivity contribution in [2.24, 2.45) is 0 Å². The Balaban J connectivity index is 0.000000161. The largest absolute Gasteiger partial charge is 0.426 e. The van der Waals surface area contributed by atoms with Gasteiger partial charge in [-0.05, 0) is 118 Å². The molecule has 2 unspecified atom stereocenters. The number of carbonyl (C=O) groups is 4. The first kappa shape index (κ1) is 63.3. The van der Waals surface area contributed by atoms with Crippen molar-refractivity contribution in [1.82, 2.24) is 0 Å². The number of ether oxygens (including phenoxy) is 3. The average Bonchev–Trinajstić information content (AvgIpc) is 4.56. The molecule has 0 aliphatic carbocycles. The minimum atomic E-state index is -0.286. The van der Waals surface area contributed by atoms with Gasteiger partial charge in [0.2, 0.25) is 0 Å². The van der Waals surface area contributed by atoms with Crippen molar-refractivity contribution in [3.63, 3.8) is 0 Å². The van der Waals surface area contributed by atoms with Crippen molar-refractivity contribution in [2.45, 2.75) is 31.5 Å². The molecular weight excluding hydrogens is 1130 g/mol. The van der Waals surface area contributed by atoms with Crippen LogP contribution in [0.15, 0.2) is 243 Å². The van der Waals surface area contributed by atoms with Gasteiger partial charge in [0.05, 0.1) is 38.4 Å². The maximum atomic E-state index is 12.5. The van der Waals surface area contributed by atoms with Gasteiger partial charge in [0, 0.05) is 55.2 Å². The summed E-state index contributed by atoms with van der Waals surface area (Å²) in [4.78, 5) is 49.0. The molecule has 2 heterocycles. The number of hydrogen-bond acceptors (Lipinski definition) is 8. The predicted molar refractivity (Wildman–Crippen MR) is 344 cm³/mol. The number of halogens is 4. The number of rotatable bonds is 20. The molecule has 0 radical (unpaired) electrons. The van der Waals surface area contributed by atoms with Crippen molar-refractivity contribution in [2.75, 3.05) is 19.8 Å². The van der Waals surface area contributed by atoms with Gasteiger partial charge < -0.3 is 19.3 Å². The smallest absolute Gasteiger partial charge is 0.313 e. The summed E-state index contributed by atoms with van der Waals surface area (Å²) in [6, 6.07) is 67.9. The molecule has 0 spiro atoms. The zero-order chi connectivity index (χ0) is 59.5. The number of aliphatic hydroxyl groups excluding tert-OH is 1. The Hall–Kier alpha value is -8.28. The van der Waals surface area contributed by atoms with E-state index >= 15 is 0 Å². The standard InChI is InChI=1S/C18H15ClO3.2C18H15ClO2.C18H15ClO/c19-15-8-6-13(7-9-15)10-17(14-4-2-1-3-5-14)22-18(20)11-16-12-21-16;19-15-8-6-13(7-9-15)10-17(14-4-2-1-3-5-14)18(20)11-16-12-21-16;19-16-10-8-14(9-11-16)13-17(18(21)7-4-12-20)15-5-2-1-3-6-15;1-2-6-18(20)17(15-7-4-3-5-8-15)13-14-9-11-16(19)12-10-14/h1-10,16H,11-12H2;1-10,16H,11-12H2;1-11,13,20H,12H2;2-5,7-13H,1,6H2/b2*17-10+;7-4+,17-13+;17-13+. The van der Waals surface area contributed by atoms with E-state index in [2.05, 4.69) is 6.58 Å². The van der Waals surface area contributed by atoms with Crippen molar-refractivity contribution < 1.29 is 38.5 Å². The lowest BCUT2D eigenvalue weighted by atomic mass is 9.96. The van der Waals surface area contributed by atoms with E-state index in [0.29, 0.717) is 68.6 Å². The number of carbonyl (C=O) groups excluding carboxylic acids is 4. The van der Waals surface area contributed by atoms with E-state index < -0.39 is 0 Å². The predicted octanol–water partition coefficient (Wildman–Crippen LogP) is 17.4. The third kappa shape index (κ3) is 22.1.